The second-order valence-electron chi connectivity index (χ2n) is 2.65. The predicted octanol–water partition coefficient (Wildman–Crippen LogP) is -0.0140. The molecule has 0 rings (SSSR count). The topological polar surface area (TPSA) is 60.4 Å². The van der Waals surface area contributed by atoms with Gasteiger partial charge in [0, 0.05) is 5.92 Å². The van der Waals surface area contributed by atoms with Crippen molar-refractivity contribution in [3.63, 3.8) is 0 Å². The maximum atomic E-state index is 11.1. The monoisotopic (exact) mass is 204 g/mol. The molecule has 74 valence electrons. The average molecular weight is 204 g/mol. The number of carbonyl (C=O) groups is 1. The zero-order valence-electron chi connectivity index (χ0n) is 7.83. The first-order chi connectivity index (χ1) is 5.90. The number of hydrogen-bond donors (Lipinski definition) is 0. The van der Waals surface area contributed by atoms with Crippen LogP contribution in [0.25, 0.3) is 0 Å². The number of rotatable bonds is 2. The fourth-order valence-electron chi connectivity index (χ4n) is 0.427. The van der Waals surface area contributed by atoms with Crippen LogP contribution in [0.2, 0.25) is 0 Å². The molecular formula is C8H12O4S. The maximum Gasteiger partial charge on any atom is 0.384 e. The largest absolute Gasteiger partial charge is 0.459 e. The van der Waals surface area contributed by atoms with E-state index in [0.717, 1.165) is 0 Å². The summed E-state index contributed by atoms with van der Waals surface area (Å²) in [6.07, 6.45) is 0. The van der Waals surface area contributed by atoms with Gasteiger partial charge in [0.1, 0.15) is 5.75 Å². The summed E-state index contributed by atoms with van der Waals surface area (Å²) >= 11 is 0. The molecule has 0 amide bonds. The van der Waals surface area contributed by atoms with Crippen molar-refractivity contribution in [3.05, 3.63) is 0 Å². The van der Waals surface area contributed by atoms with Gasteiger partial charge in [-0.15, -0.1) is 0 Å². The van der Waals surface area contributed by atoms with Crippen molar-refractivity contribution in [2.24, 2.45) is 0 Å². The number of esters is 1. The van der Waals surface area contributed by atoms with E-state index >= 15 is 0 Å². The van der Waals surface area contributed by atoms with E-state index < -0.39 is 21.1 Å². The molecule has 0 bridgehead atoms. The Balaban J connectivity index is 4.31. The molecule has 13 heavy (non-hydrogen) atoms. The summed E-state index contributed by atoms with van der Waals surface area (Å²) in [6.45, 7) is 3.13. The van der Waals surface area contributed by atoms with Crippen LogP contribution in [0.4, 0.5) is 0 Å². The molecule has 0 aromatic carbocycles. The molecule has 5 heteroatoms. The maximum absolute atomic E-state index is 11.1. The molecule has 0 fully saturated rings. The molecule has 0 N–H and O–H groups in total. The van der Waals surface area contributed by atoms with E-state index in [9.17, 15) is 13.2 Å². The fraction of sp³-hybridized carbons (Fsp3) is 0.625. The van der Waals surface area contributed by atoms with E-state index in [0.29, 0.717) is 0 Å². The van der Waals surface area contributed by atoms with Crippen LogP contribution in [0, 0.1) is 11.8 Å². The summed E-state index contributed by atoms with van der Waals surface area (Å²) in [5.74, 6) is 3.27. The first-order valence-electron chi connectivity index (χ1n) is 3.68. The van der Waals surface area contributed by atoms with Crippen LogP contribution >= 0.6 is 0 Å². The highest BCUT2D eigenvalue weighted by atomic mass is 32.2. The first kappa shape index (κ1) is 12.0. The SMILES string of the molecule is COC(=O)C#CCS(=O)(=O)C(C)C. The van der Waals surface area contributed by atoms with Crippen molar-refractivity contribution in [3.8, 4) is 11.8 Å². The Morgan fingerprint density at radius 2 is 2.00 bits per heavy atom. The molecule has 0 radical (unpaired) electrons. The predicted molar refractivity (Wildman–Crippen MR) is 48.7 cm³/mol. The quantitative estimate of drug-likeness (QED) is 0.360. The smallest absolute Gasteiger partial charge is 0.384 e. The van der Waals surface area contributed by atoms with Crippen molar-refractivity contribution in [2.75, 3.05) is 12.9 Å². The third kappa shape index (κ3) is 4.53. The standard InChI is InChI=1S/C8H12O4S/c1-7(2)13(10,11)6-4-5-8(9)12-3/h7H,6H2,1-3H3. The van der Waals surface area contributed by atoms with Crippen LogP contribution in [-0.4, -0.2) is 32.5 Å². The van der Waals surface area contributed by atoms with Gasteiger partial charge in [0.25, 0.3) is 0 Å². The van der Waals surface area contributed by atoms with Gasteiger partial charge in [-0.3, -0.25) is 0 Å². The molecule has 4 nitrogen and oxygen atoms in total. The number of sulfone groups is 1. The van der Waals surface area contributed by atoms with E-state index in [1.807, 2.05) is 0 Å². The molecule has 0 saturated heterocycles. The number of carbonyl (C=O) groups excluding carboxylic acids is 1. The number of ether oxygens (including phenoxy) is 1. The van der Waals surface area contributed by atoms with E-state index in [1.165, 1.54) is 7.11 Å². The van der Waals surface area contributed by atoms with Crippen molar-refractivity contribution in [1.29, 1.82) is 0 Å². The van der Waals surface area contributed by atoms with Crippen LogP contribution in [0.1, 0.15) is 13.8 Å². The van der Waals surface area contributed by atoms with Crippen molar-refractivity contribution in [2.45, 2.75) is 19.1 Å². The summed E-state index contributed by atoms with van der Waals surface area (Å²) in [5, 5.41) is -0.473. The highest BCUT2D eigenvalue weighted by Gasteiger charge is 2.13. The lowest BCUT2D eigenvalue weighted by Gasteiger charge is -2.01. The summed E-state index contributed by atoms with van der Waals surface area (Å²) in [7, 11) is -2.00. The Labute approximate surface area is 78.2 Å². The first-order valence-corrected chi connectivity index (χ1v) is 5.40. The fourth-order valence-corrected chi connectivity index (χ4v) is 1.03. The Morgan fingerprint density at radius 3 is 2.38 bits per heavy atom. The van der Waals surface area contributed by atoms with Gasteiger partial charge >= 0.3 is 5.97 Å². The molecule has 0 saturated carbocycles. The average Bonchev–Trinajstić information content (AvgIpc) is 2.03. The Morgan fingerprint density at radius 1 is 1.46 bits per heavy atom. The Kier molecular flexibility index (Phi) is 4.49. The molecule has 0 aliphatic rings. The number of methoxy groups -OCH3 is 1. The van der Waals surface area contributed by atoms with Gasteiger partial charge < -0.3 is 4.74 Å². The van der Waals surface area contributed by atoms with Crippen molar-refractivity contribution >= 4 is 15.8 Å². The van der Waals surface area contributed by atoms with Crippen molar-refractivity contribution < 1.29 is 17.9 Å². The molecule has 0 spiro atoms. The normalized spacial score (nSPS) is 10.5. The van der Waals surface area contributed by atoms with Crippen LogP contribution in [0.5, 0.6) is 0 Å². The van der Waals surface area contributed by atoms with Gasteiger partial charge in [0.05, 0.1) is 12.4 Å². The van der Waals surface area contributed by atoms with Crippen LogP contribution in [0.3, 0.4) is 0 Å². The van der Waals surface area contributed by atoms with Gasteiger partial charge in [-0.25, -0.2) is 13.2 Å². The minimum absolute atomic E-state index is 0.306. The summed E-state index contributed by atoms with van der Waals surface area (Å²) in [5.41, 5.74) is 0. The number of hydrogen-bond acceptors (Lipinski definition) is 4. The zero-order chi connectivity index (χ0) is 10.5. The highest BCUT2D eigenvalue weighted by molar-refractivity contribution is 7.92. The summed E-state index contributed by atoms with van der Waals surface area (Å²) in [4.78, 5) is 10.5. The van der Waals surface area contributed by atoms with E-state index in [4.69, 9.17) is 0 Å². The lowest BCUT2D eigenvalue weighted by Crippen LogP contribution is -2.16. The van der Waals surface area contributed by atoms with E-state index in [2.05, 4.69) is 16.6 Å². The van der Waals surface area contributed by atoms with Gasteiger partial charge in [0.2, 0.25) is 0 Å². The van der Waals surface area contributed by atoms with Crippen LogP contribution < -0.4 is 0 Å². The minimum Gasteiger partial charge on any atom is -0.459 e. The van der Waals surface area contributed by atoms with Crippen LogP contribution in [0.15, 0.2) is 0 Å². The molecule has 0 atom stereocenters. The summed E-state index contributed by atoms with van der Waals surface area (Å²) < 4.78 is 26.5. The molecule has 0 unspecified atom stereocenters. The Bertz CT molecular complexity index is 329. The second kappa shape index (κ2) is 4.87. The molecular weight excluding hydrogens is 192 g/mol. The van der Waals surface area contributed by atoms with Crippen LogP contribution in [-0.2, 0) is 19.4 Å². The minimum atomic E-state index is -3.18. The lowest BCUT2D eigenvalue weighted by molar-refractivity contribution is -0.133. The van der Waals surface area contributed by atoms with Gasteiger partial charge in [-0.1, -0.05) is 5.92 Å². The zero-order valence-corrected chi connectivity index (χ0v) is 8.64. The third-order valence-corrected chi connectivity index (χ3v) is 3.35. The van der Waals surface area contributed by atoms with Gasteiger partial charge in [0.15, 0.2) is 9.84 Å². The molecule has 0 aromatic rings. The third-order valence-electron chi connectivity index (χ3n) is 1.37. The lowest BCUT2D eigenvalue weighted by atomic mass is 10.6. The van der Waals surface area contributed by atoms with E-state index in [-0.39, 0.29) is 5.75 Å². The Hall–Kier alpha value is -1.02. The second-order valence-corrected chi connectivity index (χ2v) is 5.21. The van der Waals surface area contributed by atoms with Gasteiger partial charge in [-0.05, 0) is 13.8 Å². The molecule has 0 heterocycles. The molecule has 0 aliphatic carbocycles. The van der Waals surface area contributed by atoms with Gasteiger partial charge in [-0.2, -0.15) is 0 Å². The summed E-state index contributed by atoms with van der Waals surface area (Å²) in [6, 6.07) is 0. The molecule has 0 aromatic heterocycles. The molecule has 0 aliphatic heterocycles. The van der Waals surface area contributed by atoms with Crippen molar-refractivity contribution in [1.82, 2.24) is 0 Å². The highest BCUT2D eigenvalue weighted by Crippen LogP contribution is 1.98. The van der Waals surface area contributed by atoms with E-state index in [1.54, 1.807) is 13.8 Å².